The summed E-state index contributed by atoms with van der Waals surface area (Å²) in [5.74, 6) is 0.761. The van der Waals surface area contributed by atoms with E-state index in [1.54, 1.807) is 0 Å². The van der Waals surface area contributed by atoms with Crippen LogP contribution >= 0.6 is 0 Å². The van der Waals surface area contributed by atoms with E-state index < -0.39 is 12.2 Å². The fourth-order valence-corrected chi connectivity index (χ4v) is 4.33. The number of H-pyrrole nitrogens is 1. The highest BCUT2D eigenvalue weighted by Crippen LogP contribution is 2.36. The Balaban J connectivity index is 1.38. The number of carbonyl (C=O) groups excluding carboxylic acids is 1. The largest absolute Gasteiger partial charge is 0.473 e. The fourth-order valence-electron chi connectivity index (χ4n) is 4.33. The standard InChI is InChI=1S/C21H28F2N6O4/c1-21(2,3)33-20(30)29-12-5-4-6-13(29)8-14(7-12)31-18-11-24-10-16(26-18)25-15-9-17(28-27-15)32-19(22)23/h9-14,19H,4-8H2,1-3H3,(H2,25,26,27,28). The molecule has 180 valence electrons. The van der Waals surface area contributed by atoms with Crippen LogP contribution < -0.4 is 14.8 Å². The Bertz CT molecular complexity index is 952. The Morgan fingerprint density at radius 1 is 1.21 bits per heavy atom. The summed E-state index contributed by atoms with van der Waals surface area (Å²) < 4.78 is 40.6. The molecule has 2 aromatic rings. The van der Waals surface area contributed by atoms with Gasteiger partial charge in [-0.3, -0.25) is 10.1 Å². The molecule has 4 heterocycles. The minimum Gasteiger partial charge on any atom is -0.473 e. The zero-order valence-electron chi connectivity index (χ0n) is 18.8. The van der Waals surface area contributed by atoms with E-state index in [2.05, 4.69) is 30.2 Å². The molecule has 2 atom stereocenters. The summed E-state index contributed by atoms with van der Waals surface area (Å²) in [5.41, 5.74) is -0.539. The van der Waals surface area contributed by atoms with E-state index >= 15 is 0 Å². The summed E-state index contributed by atoms with van der Waals surface area (Å²) in [7, 11) is 0. The van der Waals surface area contributed by atoms with Crippen LogP contribution in [0.4, 0.5) is 25.2 Å². The smallest absolute Gasteiger partial charge is 0.410 e. The molecule has 4 rings (SSSR count). The van der Waals surface area contributed by atoms with Gasteiger partial charge in [0.2, 0.25) is 11.8 Å². The zero-order chi connectivity index (χ0) is 23.6. The van der Waals surface area contributed by atoms with Crippen molar-refractivity contribution in [3.63, 3.8) is 0 Å². The van der Waals surface area contributed by atoms with Gasteiger partial charge in [-0.2, -0.15) is 13.8 Å². The van der Waals surface area contributed by atoms with Gasteiger partial charge in [-0.1, -0.05) is 0 Å². The Morgan fingerprint density at radius 3 is 2.61 bits per heavy atom. The van der Waals surface area contributed by atoms with Gasteiger partial charge in [-0.25, -0.2) is 4.79 Å². The molecular formula is C21H28F2N6O4. The number of carbonyl (C=O) groups is 1. The third-order valence-corrected chi connectivity index (χ3v) is 5.46. The second-order valence-electron chi connectivity index (χ2n) is 9.20. The average Bonchev–Trinajstić information content (AvgIpc) is 3.12. The van der Waals surface area contributed by atoms with Gasteiger partial charge < -0.3 is 24.4 Å². The SMILES string of the molecule is CC(C)(C)OC(=O)N1C2CCCC1CC(Oc1cncc(Nc3cc(OC(F)F)n[nH]3)n1)C2. The van der Waals surface area contributed by atoms with Gasteiger partial charge >= 0.3 is 12.7 Å². The molecule has 2 N–H and O–H groups in total. The number of aromatic nitrogens is 4. The van der Waals surface area contributed by atoms with Gasteiger partial charge in [-0.15, -0.1) is 5.10 Å². The Kier molecular flexibility index (Phi) is 6.52. The van der Waals surface area contributed by atoms with E-state index in [0.29, 0.717) is 30.4 Å². The van der Waals surface area contributed by atoms with Crippen molar-refractivity contribution >= 4 is 17.7 Å². The van der Waals surface area contributed by atoms with Crippen molar-refractivity contribution in [2.45, 2.75) is 83.3 Å². The first-order chi connectivity index (χ1) is 15.7. The van der Waals surface area contributed by atoms with Crippen molar-refractivity contribution in [3.05, 3.63) is 18.5 Å². The number of anilines is 2. The fraction of sp³-hybridized carbons (Fsp3) is 0.619. The molecule has 0 saturated carbocycles. The summed E-state index contributed by atoms with van der Waals surface area (Å²) in [6, 6.07) is 1.41. The van der Waals surface area contributed by atoms with E-state index in [0.717, 1.165) is 19.3 Å². The van der Waals surface area contributed by atoms with Crippen LogP contribution in [0.1, 0.15) is 52.9 Å². The minimum absolute atomic E-state index is 0.0601. The summed E-state index contributed by atoms with van der Waals surface area (Å²) >= 11 is 0. The minimum atomic E-state index is -2.96. The number of halogens is 2. The Hall–Kier alpha value is -3.18. The zero-order valence-corrected chi connectivity index (χ0v) is 18.8. The van der Waals surface area contributed by atoms with Crippen LogP contribution in [-0.2, 0) is 4.74 Å². The molecule has 33 heavy (non-hydrogen) atoms. The summed E-state index contributed by atoms with van der Waals surface area (Å²) in [6.07, 6.45) is 6.87. The monoisotopic (exact) mass is 466 g/mol. The van der Waals surface area contributed by atoms with Crippen LogP contribution in [0.25, 0.3) is 0 Å². The van der Waals surface area contributed by atoms with E-state index in [1.807, 2.05) is 25.7 Å². The van der Waals surface area contributed by atoms with Gasteiger partial charge in [0.1, 0.15) is 17.5 Å². The lowest BCUT2D eigenvalue weighted by atomic mass is 9.83. The molecule has 2 unspecified atom stereocenters. The van der Waals surface area contributed by atoms with Gasteiger partial charge in [0.05, 0.1) is 12.4 Å². The van der Waals surface area contributed by atoms with E-state index in [-0.39, 0.29) is 30.2 Å². The second-order valence-corrected chi connectivity index (χ2v) is 9.20. The van der Waals surface area contributed by atoms with Crippen molar-refractivity contribution in [2.24, 2.45) is 0 Å². The highest BCUT2D eigenvalue weighted by molar-refractivity contribution is 5.69. The molecule has 0 spiro atoms. The van der Waals surface area contributed by atoms with Gasteiger partial charge in [0.25, 0.3) is 0 Å². The van der Waals surface area contributed by atoms with Crippen LogP contribution in [0.2, 0.25) is 0 Å². The second kappa shape index (κ2) is 9.36. The van der Waals surface area contributed by atoms with E-state index in [9.17, 15) is 13.6 Å². The number of aromatic amines is 1. The topological polar surface area (TPSA) is 114 Å². The number of piperidine rings is 2. The van der Waals surface area contributed by atoms with Crippen molar-refractivity contribution < 1.29 is 27.8 Å². The van der Waals surface area contributed by atoms with Crippen LogP contribution in [0.3, 0.4) is 0 Å². The molecule has 10 nitrogen and oxygen atoms in total. The first kappa shape index (κ1) is 23.0. The molecule has 2 saturated heterocycles. The van der Waals surface area contributed by atoms with Crippen molar-refractivity contribution in [2.75, 3.05) is 5.32 Å². The molecule has 2 aliphatic rings. The van der Waals surface area contributed by atoms with Gasteiger partial charge in [-0.05, 0) is 40.0 Å². The summed E-state index contributed by atoms with van der Waals surface area (Å²) in [4.78, 5) is 23.2. The van der Waals surface area contributed by atoms with Crippen molar-refractivity contribution in [1.29, 1.82) is 0 Å². The number of fused-ring (bicyclic) bond motifs is 2. The maximum atomic E-state index is 12.7. The maximum absolute atomic E-state index is 12.7. The van der Waals surface area contributed by atoms with Crippen LogP contribution in [0.15, 0.2) is 18.5 Å². The lowest BCUT2D eigenvalue weighted by Gasteiger charge is -2.48. The number of nitrogens with one attached hydrogen (secondary N) is 2. The number of hydrogen-bond donors (Lipinski definition) is 2. The molecule has 0 aliphatic carbocycles. The molecule has 2 fully saturated rings. The van der Waals surface area contributed by atoms with Gasteiger partial charge in [0, 0.05) is 31.0 Å². The lowest BCUT2D eigenvalue weighted by molar-refractivity contribution is -0.0529. The predicted molar refractivity (Wildman–Crippen MR) is 114 cm³/mol. The van der Waals surface area contributed by atoms with Crippen LogP contribution in [-0.4, -0.2) is 61.6 Å². The predicted octanol–water partition coefficient (Wildman–Crippen LogP) is 4.24. The maximum Gasteiger partial charge on any atom is 0.410 e. The summed E-state index contributed by atoms with van der Waals surface area (Å²) in [6.45, 7) is 2.64. The molecular weight excluding hydrogens is 438 g/mol. The van der Waals surface area contributed by atoms with Crippen molar-refractivity contribution in [3.8, 4) is 11.8 Å². The quantitative estimate of drug-likeness (QED) is 0.650. The average molecular weight is 466 g/mol. The Labute approximate surface area is 190 Å². The molecule has 1 amide bonds. The summed E-state index contributed by atoms with van der Waals surface area (Å²) in [5, 5.41) is 9.07. The molecule has 2 bridgehead atoms. The normalized spacial score (nSPS) is 22.7. The van der Waals surface area contributed by atoms with Crippen LogP contribution in [0, 0.1) is 0 Å². The third-order valence-electron chi connectivity index (χ3n) is 5.46. The third kappa shape index (κ3) is 5.99. The lowest BCUT2D eigenvalue weighted by Crippen LogP contribution is -2.57. The van der Waals surface area contributed by atoms with Crippen LogP contribution in [0.5, 0.6) is 11.8 Å². The number of rotatable bonds is 6. The van der Waals surface area contributed by atoms with E-state index in [1.165, 1.54) is 18.5 Å². The molecule has 0 aromatic carbocycles. The van der Waals surface area contributed by atoms with Crippen molar-refractivity contribution in [1.82, 2.24) is 25.1 Å². The first-order valence-electron chi connectivity index (χ1n) is 10.9. The number of alkyl halides is 2. The molecule has 2 aliphatic heterocycles. The number of hydrogen-bond acceptors (Lipinski definition) is 8. The highest BCUT2D eigenvalue weighted by Gasteiger charge is 2.43. The Morgan fingerprint density at radius 2 is 1.94 bits per heavy atom. The van der Waals surface area contributed by atoms with Gasteiger partial charge in [0.15, 0.2) is 5.82 Å². The molecule has 12 heteroatoms. The number of nitrogens with zero attached hydrogens (tertiary/aromatic N) is 4. The molecule has 0 radical (unpaired) electrons. The molecule has 2 aromatic heterocycles. The first-order valence-corrected chi connectivity index (χ1v) is 10.9. The number of amides is 1. The highest BCUT2D eigenvalue weighted by atomic mass is 19.3. The number of ether oxygens (including phenoxy) is 3. The van der Waals surface area contributed by atoms with E-state index in [4.69, 9.17) is 9.47 Å².